The van der Waals surface area contributed by atoms with E-state index < -0.39 is 37.8 Å². The Labute approximate surface area is 67.8 Å². The summed E-state index contributed by atoms with van der Waals surface area (Å²) < 4.78 is 60.4. The van der Waals surface area contributed by atoms with Crippen LogP contribution in [0.5, 0.6) is 0 Å². The fraction of sp³-hybridized carbons (Fsp3) is 0.857. The van der Waals surface area contributed by atoms with Gasteiger partial charge in [0, 0.05) is 6.42 Å². The second kappa shape index (κ2) is 4.62. The van der Waals surface area contributed by atoms with Gasteiger partial charge in [-0.1, -0.05) is 6.92 Å². The van der Waals surface area contributed by atoms with Crippen LogP contribution in [0.25, 0.3) is 0 Å². The zero-order valence-corrected chi connectivity index (χ0v) is 6.37. The van der Waals surface area contributed by atoms with Crippen molar-refractivity contribution >= 4 is 0 Å². The lowest BCUT2D eigenvalue weighted by Gasteiger charge is -2.17. The Morgan fingerprint density at radius 2 is 1.67 bits per heavy atom. The molecule has 0 saturated carbocycles. The molecule has 0 N–H and O–H groups in total. The second-order valence-corrected chi connectivity index (χ2v) is 2.51. The first-order valence-electron chi connectivity index (χ1n) is 3.44. The van der Waals surface area contributed by atoms with Crippen molar-refractivity contribution in [2.75, 3.05) is 6.67 Å². The van der Waals surface area contributed by atoms with Crippen LogP contribution in [0.3, 0.4) is 0 Å². The summed E-state index contributed by atoms with van der Waals surface area (Å²) in [5.74, 6) is -3.76. The van der Waals surface area contributed by atoms with Gasteiger partial charge in [-0.05, 0) is 6.42 Å². The SMILES string of the molecule is [CH2]CC(F)[C@@H](F)CC(F)(F)CF. The van der Waals surface area contributed by atoms with Gasteiger partial charge in [-0.25, -0.2) is 22.0 Å². The maximum atomic E-state index is 12.4. The van der Waals surface area contributed by atoms with Crippen LogP contribution >= 0.6 is 0 Å². The van der Waals surface area contributed by atoms with Gasteiger partial charge < -0.3 is 0 Å². The molecule has 0 heterocycles. The molecule has 0 aromatic carbocycles. The van der Waals surface area contributed by atoms with Crippen molar-refractivity contribution in [1.29, 1.82) is 0 Å². The molecule has 2 atom stereocenters. The van der Waals surface area contributed by atoms with Gasteiger partial charge in [0.05, 0.1) is 0 Å². The summed E-state index contributed by atoms with van der Waals surface area (Å²) in [6, 6.07) is 0. The van der Waals surface area contributed by atoms with Gasteiger partial charge in [-0.15, -0.1) is 0 Å². The average Bonchev–Trinajstić information content (AvgIpc) is 2.02. The number of hydrogen-bond acceptors (Lipinski definition) is 0. The Morgan fingerprint density at radius 1 is 1.17 bits per heavy atom. The van der Waals surface area contributed by atoms with E-state index in [2.05, 4.69) is 6.92 Å². The lowest BCUT2D eigenvalue weighted by molar-refractivity contribution is -0.0577. The number of hydrogen-bond donors (Lipinski definition) is 0. The third kappa shape index (κ3) is 3.88. The molecule has 0 spiro atoms. The summed E-state index contributed by atoms with van der Waals surface area (Å²) in [7, 11) is 0. The second-order valence-electron chi connectivity index (χ2n) is 2.51. The molecule has 1 radical (unpaired) electrons. The molecule has 0 nitrogen and oxygen atoms in total. The quantitative estimate of drug-likeness (QED) is 0.583. The first-order valence-corrected chi connectivity index (χ1v) is 3.44. The topological polar surface area (TPSA) is 0 Å². The van der Waals surface area contributed by atoms with Crippen LogP contribution in [0.2, 0.25) is 0 Å². The minimum atomic E-state index is -3.76. The van der Waals surface area contributed by atoms with Crippen molar-refractivity contribution in [2.24, 2.45) is 0 Å². The lowest BCUT2D eigenvalue weighted by Crippen LogP contribution is -2.29. The standard InChI is InChI=1S/C7H10F5/c1-2-5(9)6(10)3-7(11,12)4-8/h5-6H,1-4H2/t5?,6-/m0/s1. The van der Waals surface area contributed by atoms with Crippen molar-refractivity contribution in [3.63, 3.8) is 0 Å². The molecule has 0 aliphatic rings. The lowest BCUT2D eigenvalue weighted by atomic mass is 10.1. The minimum absolute atomic E-state index is 0.427. The molecule has 0 fully saturated rings. The summed E-state index contributed by atoms with van der Waals surface area (Å²) in [6.45, 7) is 1.05. The smallest absolute Gasteiger partial charge is 0.244 e. The van der Waals surface area contributed by atoms with Crippen molar-refractivity contribution in [1.82, 2.24) is 0 Å². The highest BCUT2D eigenvalue weighted by atomic mass is 19.3. The van der Waals surface area contributed by atoms with Gasteiger partial charge in [-0.3, -0.25) is 0 Å². The predicted molar refractivity (Wildman–Crippen MR) is 35.3 cm³/mol. The molecule has 12 heavy (non-hydrogen) atoms. The first-order chi connectivity index (χ1) is 5.43. The molecule has 0 bridgehead atoms. The molecule has 1 unspecified atom stereocenters. The van der Waals surface area contributed by atoms with Crippen molar-refractivity contribution in [2.45, 2.75) is 31.1 Å². The van der Waals surface area contributed by atoms with Crippen molar-refractivity contribution in [3.05, 3.63) is 6.92 Å². The van der Waals surface area contributed by atoms with Crippen LogP contribution < -0.4 is 0 Å². The molecule has 0 amide bonds. The van der Waals surface area contributed by atoms with Crippen LogP contribution in [-0.2, 0) is 0 Å². The molecule has 5 heteroatoms. The molecular weight excluding hydrogens is 179 g/mol. The van der Waals surface area contributed by atoms with Crippen LogP contribution in [0.4, 0.5) is 22.0 Å². The van der Waals surface area contributed by atoms with E-state index in [4.69, 9.17) is 0 Å². The third-order valence-electron chi connectivity index (χ3n) is 1.36. The molecule has 0 aromatic heterocycles. The molecule has 0 aliphatic heterocycles. The highest BCUT2D eigenvalue weighted by Gasteiger charge is 2.35. The van der Waals surface area contributed by atoms with Crippen LogP contribution in [-0.4, -0.2) is 24.9 Å². The number of rotatable bonds is 5. The number of halogens is 5. The van der Waals surface area contributed by atoms with Crippen molar-refractivity contribution in [3.8, 4) is 0 Å². The van der Waals surface area contributed by atoms with Crippen LogP contribution in [0.1, 0.15) is 12.8 Å². The largest absolute Gasteiger partial charge is 0.278 e. The summed E-state index contributed by atoms with van der Waals surface area (Å²) in [5.41, 5.74) is 0. The van der Waals surface area contributed by atoms with E-state index in [-0.39, 0.29) is 0 Å². The van der Waals surface area contributed by atoms with E-state index in [9.17, 15) is 22.0 Å². The Kier molecular flexibility index (Phi) is 4.49. The zero-order valence-electron chi connectivity index (χ0n) is 6.37. The molecule has 73 valence electrons. The Bertz CT molecular complexity index is 125. The first kappa shape index (κ1) is 11.6. The predicted octanol–water partition coefficient (Wildman–Crippen LogP) is 2.88. The Balaban J connectivity index is 3.90. The summed E-state index contributed by atoms with van der Waals surface area (Å²) in [4.78, 5) is 0. The third-order valence-corrected chi connectivity index (χ3v) is 1.36. The molecule has 0 rings (SSSR count). The Hall–Kier alpha value is -0.350. The monoisotopic (exact) mass is 189 g/mol. The summed E-state index contributed by atoms with van der Waals surface area (Å²) >= 11 is 0. The van der Waals surface area contributed by atoms with E-state index in [0.29, 0.717) is 0 Å². The van der Waals surface area contributed by atoms with E-state index in [1.54, 1.807) is 0 Å². The molecule has 0 aromatic rings. The summed E-state index contributed by atoms with van der Waals surface area (Å²) in [6.07, 6.45) is -6.22. The summed E-state index contributed by atoms with van der Waals surface area (Å²) in [5, 5.41) is 0. The highest BCUT2D eigenvalue weighted by Crippen LogP contribution is 2.25. The van der Waals surface area contributed by atoms with E-state index >= 15 is 0 Å². The fourth-order valence-corrected chi connectivity index (χ4v) is 0.649. The number of alkyl halides is 5. The Morgan fingerprint density at radius 3 is 2.00 bits per heavy atom. The highest BCUT2D eigenvalue weighted by molar-refractivity contribution is 4.77. The van der Waals surface area contributed by atoms with Gasteiger partial charge in [0.2, 0.25) is 0 Å². The van der Waals surface area contributed by atoms with E-state index in [1.807, 2.05) is 0 Å². The van der Waals surface area contributed by atoms with Gasteiger partial charge in [0.15, 0.2) is 6.67 Å². The van der Waals surface area contributed by atoms with Gasteiger partial charge in [0.25, 0.3) is 5.92 Å². The maximum absolute atomic E-state index is 12.4. The molecule has 0 aliphatic carbocycles. The van der Waals surface area contributed by atoms with Crippen LogP contribution in [0, 0.1) is 6.92 Å². The van der Waals surface area contributed by atoms with Gasteiger partial charge in [0.1, 0.15) is 12.3 Å². The normalized spacial score (nSPS) is 17.5. The van der Waals surface area contributed by atoms with Crippen LogP contribution in [0.15, 0.2) is 0 Å². The minimum Gasteiger partial charge on any atom is -0.244 e. The van der Waals surface area contributed by atoms with E-state index in [1.165, 1.54) is 0 Å². The zero-order chi connectivity index (χ0) is 9.78. The van der Waals surface area contributed by atoms with Gasteiger partial charge >= 0.3 is 0 Å². The van der Waals surface area contributed by atoms with Gasteiger partial charge in [-0.2, -0.15) is 0 Å². The fourth-order valence-electron chi connectivity index (χ4n) is 0.649. The molecule has 0 saturated heterocycles. The van der Waals surface area contributed by atoms with Crippen molar-refractivity contribution < 1.29 is 22.0 Å². The maximum Gasteiger partial charge on any atom is 0.278 e. The average molecular weight is 189 g/mol. The van der Waals surface area contributed by atoms with E-state index in [0.717, 1.165) is 0 Å². The molecular formula is C7H10F5.